The summed E-state index contributed by atoms with van der Waals surface area (Å²) in [7, 11) is 1.56. The van der Waals surface area contributed by atoms with Crippen LogP contribution < -0.4 is 14.3 Å². The molecule has 0 spiro atoms. The zero-order valence-corrected chi connectivity index (χ0v) is 18.7. The number of ether oxygens (including phenoxy) is 3. The van der Waals surface area contributed by atoms with Crippen molar-refractivity contribution in [3.05, 3.63) is 52.8 Å². The molecule has 1 amide bonds. The number of unbranched alkanes of at least 4 members (excludes halogenated alkanes) is 1. The monoisotopic (exact) mass is 442 g/mol. The SMILES string of the molecule is CCCCOc1ccc(C(=O)N=c2sc3cccc(OC)c3n2CC(=O)OCC)cc1. The number of rotatable bonds is 9. The molecule has 0 atom stereocenters. The summed E-state index contributed by atoms with van der Waals surface area (Å²) >= 11 is 1.32. The maximum Gasteiger partial charge on any atom is 0.326 e. The Morgan fingerprint density at radius 1 is 1.10 bits per heavy atom. The molecule has 0 saturated heterocycles. The third-order valence-corrected chi connectivity index (χ3v) is 5.59. The van der Waals surface area contributed by atoms with Crippen LogP contribution in [0.2, 0.25) is 0 Å². The first kappa shape index (κ1) is 22.6. The Balaban J connectivity index is 1.96. The highest BCUT2D eigenvalue weighted by atomic mass is 32.1. The topological polar surface area (TPSA) is 79.1 Å². The van der Waals surface area contributed by atoms with Crippen LogP contribution in [0.1, 0.15) is 37.0 Å². The molecular weight excluding hydrogens is 416 g/mol. The number of carbonyl (C=O) groups excluding carboxylic acids is 2. The molecule has 0 fully saturated rings. The molecule has 0 aliphatic rings. The number of aromatic nitrogens is 1. The molecule has 0 unspecified atom stereocenters. The van der Waals surface area contributed by atoms with Gasteiger partial charge in [0.15, 0.2) is 4.80 Å². The maximum atomic E-state index is 12.8. The summed E-state index contributed by atoms with van der Waals surface area (Å²) < 4.78 is 18.7. The van der Waals surface area contributed by atoms with Gasteiger partial charge < -0.3 is 18.8 Å². The quantitative estimate of drug-likeness (QED) is 0.367. The predicted molar refractivity (Wildman–Crippen MR) is 120 cm³/mol. The van der Waals surface area contributed by atoms with E-state index in [4.69, 9.17) is 14.2 Å². The van der Waals surface area contributed by atoms with E-state index in [2.05, 4.69) is 11.9 Å². The number of thiazole rings is 1. The first-order valence-corrected chi connectivity index (χ1v) is 11.0. The summed E-state index contributed by atoms with van der Waals surface area (Å²) in [5.74, 6) is 0.508. The molecule has 164 valence electrons. The van der Waals surface area contributed by atoms with E-state index in [1.807, 2.05) is 12.1 Å². The molecule has 0 N–H and O–H groups in total. The van der Waals surface area contributed by atoms with Crippen molar-refractivity contribution in [1.29, 1.82) is 0 Å². The van der Waals surface area contributed by atoms with Crippen molar-refractivity contribution >= 4 is 33.4 Å². The van der Waals surface area contributed by atoms with Gasteiger partial charge in [-0.2, -0.15) is 4.99 Å². The summed E-state index contributed by atoms with van der Waals surface area (Å²) in [5.41, 5.74) is 1.14. The Hall–Kier alpha value is -3.13. The zero-order chi connectivity index (χ0) is 22.2. The lowest BCUT2D eigenvalue weighted by Crippen LogP contribution is -2.23. The molecule has 0 aliphatic carbocycles. The van der Waals surface area contributed by atoms with E-state index in [0.717, 1.165) is 17.5 Å². The van der Waals surface area contributed by atoms with Crippen LogP contribution in [0.3, 0.4) is 0 Å². The second-order valence-corrected chi connectivity index (χ2v) is 7.74. The first-order chi connectivity index (χ1) is 15.1. The fourth-order valence-electron chi connectivity index (χ4n) is 3.01. The number of carbonyl (C=O) groups is 2. The van der Waals surface area contributed by atoms with Crippen LogP contribution in [-0.2, 0) is 16.1 Å². The summed E-state index contributed by atoms with van der Waals surface area (Å²) in [5, 5.41) is 0. The summed E-state index contributed by atoms with van der Waals surface area (Å²) in [6, 6.07) is 12.5. The van der Waals surface area contributed by atoms with Crippen LogP contribution in [0.5, 0.6) is 11.5 Å². The zero-order valence-electron chi connectivity index (χ0n) is 17.9. The molecule has 1 aromatic heterocycles. The van der Waals surface area contributed by atoms with E-state index in [0.29, 0.717) is 34.0 Å². The Bertz CT molecular complexity index is 1120. The Morgan fingerprint density at radius 2 is 1.87 bits per heavy atom. The van der Waals surface area contributed by atoms with Gasteiger partial charge in [-0.25, -0.2) is 0 Å². The molecule has 0 radical (unpaired) electrons. The highest BCUT2D eigenvalue weighted by molar-refractivity contribution is 7.16. The van der Waals surface area contributed by atoms with Crippen molar-refractivity contribution in [1.82, 2.24) is 4.57 Å². The van der Waals surface area contributed by atoms with Gasteiger partial charge in [0, 0.05) is 5.56 Å². The molecule has 0 saturated carbocycles. The van der Waals surface area contributed by atoms with Gasteiger partial charge in [0.2, 0.25) is 0 Å². The Morgan fingerprint density at radius 3 is 2.55 bits per heavy atom. The molecular formula is C23H26N2O5S. The van der Waals surface area contributed by atoms with Gasteiger partial charge in [-0.15, -0.1) is 0 Å². The van der Waals surface area contributed by atoms with Gasteiger partial charge in [0.25, 0.3) is 5.91 Å². The van der Waals surface area contributed by atoms with Crippen LogP contribution >= 0.6 is 11.3 Å². The lowest BCUT2D eigenvalue weighted by atomic mass is 10.2. The standard InChI is InChI=1S/C23H26N2O5S/c1-4-6-14-30-17-12-10-16(11-13-17)22(27)24-23-25(15-20(26)29-5-2)21-18(28-3)8-7-9-19(21)31-23/h7-13H,4-6,14-15H2,1-3H3. The van der Waals surface area contributed by atoms with Crippen LogP contribution in [-0.4, -0.2) is 36.8 Å². The Labute approximate surface area is 184 Å². The molecule has 3 aromatic rings. The number of hydrogen-bond donors (Lipinski definition) is 0. The van der Waals surface area contributed by atoms with Crippen molar-refractivity contribution in [2.75, 3.05) is 20.3 Å². The van der Waals surface area contributed by atoms with Crippen LogP contribution in [0.4, 0.5) is 0 Å². The van der Waals surface area contributed by atoms with Gasteiger partial charge in [-0.05, 0) is 49.7 Å². The molecule has 3 rings (SSSR count). The van der Waals surface area contributed by atoms with Gasteiger partial charge in [-0.1, -0.05) is 30.7 Å². The van der Waals surface area contributed by atoms with E-state index >= 15 is 0 Å². The fourth-order valence-corrected chi connectivity index (χ4v) is 4.05. The second-order valence-electron chi connectivity index (χ2n) is 6.73. The van der Waals surface area contributed by atoms with Crippen LogP contribution in [0.25, 0.3) is 10.2 Å². The molecule has 7 nitrogen and oxygen atoms in total. The number of nitrogens with zero attached hydrogens (tertiary/aromatic N) is 2. The molecule has 0 bridgehead atoms. The first-order valence-electron chi connectivity index (χ1n) is 10.2. The van der Waals surface area contributed by atoms with Crippen molar-refractivity contribution in [3.63, 3.8) is 0 Å². The van der Waals surface area contributed by atoms with Crippen molar-refractivity contribution in [2.24, 2.45) is 4.99 Å². The number of fused-ring (bicyclic) bond motifs is 1. The van der Waals surface area contributed by atoms with Crippen molar-refractivity contribution in [2.45, 2.75) is 33.2 Å². The molecule has 8 heteroatoms. The number of esters is 1. The molecule has 1 heterocycles. The lowest BCUT2D eigenvalue weighted by Gasteiger charge is -2.08. The second kappa shape index (κ2) is 10.8. The summed E-state index contributed by atoms with van der Waals surface area (Å²) in [4.78, 5) is 29.7. The average Bonchev–Trinajstić information content (AvgIpc) is 3.11. The van der Waals surface area contributed by atoms with E-state index in [1.54, 1.807) is 48.9 Å². The van der Waals surface area contributed by atoms with E-state index < -0.39 is 11.9 Å². The minimum atomic E-state index is -0.407. The van der Waals surface area contributed by atoms with Crippen molar-refractivity contribution < 1.29 is 23.8 Å². The third kappa shape index (κ3) is 5.52. The van der Waals surface area contributed by atoms with E-state index in [1.165, 1.54) is 11.3 Å². The number of para-hydroxylation sites is 1. The third-order valence-electron chi connectivity index (χ3n) is 4.54. The maximum absolute atomic E-state index is 12.8. The highest BCUT2D eigenvalue weighted by Gasteiger charge is 2.16. The van der Waals surface area contributed by atoms with Gasteiger partial charge in [0.05, 0.1) is 25.0 Å². The van der Waals surface area contributed by atoms with Gasteiger partial charge >= 0.3 is 5.97 Å². The normalized spacial score (nSPS) is 11.5. The van der Waals surface area contributed by atoms with E-state index in [-0.39, 0.29) is 13.2 Å². The van der Waals surface area contributed by atoms with Gasteiger partial charge in [0.1, 0.15) is 23.6 Å². The lowest BCUT2D eigenvalue weighted by molar-refractivity contribution is -0.143. The smallest absolute Gasteiger partial charge is 0.326 e. The van der Waals surface area contributed by atoms with Gasteiger partial charge in [-0.3, -0.25) is 9.59 Å². The largest absolute Gasteiger partial charge is 0.495 e. The van der Waals surface area contributed by atoms with Crippen LogP contribution in [0, 0.1) is 0 Å². The number of methoxy groups -OCH3 is 1. The molecule has 31 heavy (non-hydrogen) atoms. The minimum absolute atomic E-state index is 0.0649. The molecule has 2 aromatic carbocycles. The number of hydrogen-bond acceptors (Lipinski definition) is 6. The number of amides is 1. The molecule has 0 aliphatic heterocycles. The average molecular weight is 443 g/mol. The Kier molecular flexibility index (Phi) is 7.83. The summed E-state index contributed by atoms with van der Waals surface area (Å²) in [6.07, 6.45) is 2.03. The van der Waals surface area contributed by atoms with E-state index in [9.17, 15) is 9.59 Å². The number of benzene rings is 2. The minimum Gasteiger partial charge on any atom is -0.495 e. The summed E-state index contributed by atoms with van der Waals surface area (Å²) in [6.45, 7) is 4.70. The fraction of sp³-hybridized carbons (Fsp3) is 0.348. The van der Waals surface area contributed by atoms with Crippen LogP contribution in [0.15, 0.2) is 47.5 Å². The predicted octanol–water partition coefficient (Wildman–Crippen LogP) is 4.19. The van der Waals surface area contributed by atoms with Crippen molar-refractivity contribution in [3.8, 4) is 11.5 Å². The highest BCUT2D eigenvalue weighted by Crippen LogP contribution is 2.27.